The fourth-order valence-corrected chi connectivity index (χ4v) is 1.56. The maximum atomic E-state index is 12.0. The summed E-state index contributed by atoms with van der Waals surface area (Å²) in [6.45, 7) is 5.41. The van der Waals surface area contributed by atoms with Gasteiger partial charge in [0.25, 0.3) is 0 Å². The molecule has 0 fully saturated rings. The van der Waals surface area contributed by atoms with Crippen molar-refractivity contribution in [2.24, 2.45) is 0 Å². The third-order valence-corrected chi connectivity index (χ3v) is 2.72. The quantitative estimate of drug-likeness (QED) is 0.804. The van der Waals surface area contributed by atoms with Crippen molar-refractivity contribution in [1.82, 2.24) is 0 Å². The summed E-state index contributed by atoms with van der Waals surface area (Å²) in [4.78, 5) is 10.5. The number of aliphatic carboxylic acids is 1. The van der Waals surface area contributed by atoms with Crippen molar-refractivity contribution in [3.8, 4) is 5.75 Å². The fourth-order valence-electron chi connectivity index (χ4n) is 1.56. The molecule has 0 saturated carbocycles. The van der Waals surface area contributed by atoms with E-state index in [1.807, 2.05) is 0 Å². The number of alkyl halides is 3. The van der Waals surface area contributed by atoms with Crippen LogP contribution in [0.4, 0.5) is 13.2 Å². The number of carboxylic acids is 1. The smallest absolute Gasteiger partial charge is 0.481 e. The van der Waals surface area contributed by atoms with Crippen molar-refractivity contribution in [3.63, 3.8) is 0 Å². The lowest BCUT2D eigenvalue weighted by atomic mass is 10.0. The molecule has 1 rings (SSSR count). The lowest BCUT2D eigenvalue weighted by Crippen LogP contribution is -2.16. The minimum atomic E-state index is -4.70. The summed E-state index contributed by atoms with van der Waals surface area (Å²) >= 11 is 0. The van der Waals surface area contributed by atoms with Gasteiger partial charge in [0.15, 0.2) is 0 Å². The van der Waals surface area contributed by atoms with Crippen LogP contribution in [0.15, 0.2) is 48.1 Å². The Bertz CT molecular complexity index is 542. The Hall–Kier alpha value is -2.24. The average Bonchev–Trinajstić information content (AvgIpc) is 2.35. The molecule has 0 radical (unpaired) electrons. The van der Waals surface area contributed by atoms with Crippen LogP contribution in [-0.2, 0) is 11.2 Å². The van der Waals surface area contributed by atoms with Crippen molar-refractivity contribution < 1.29 is 27.8 Å². The summed E-state index contributed by atoms with van der Waals surface area (Å²) in [6.07, 6.45) is -2.59. The van der Waals surface area contributed by atoms with Crippen molar-refractivity contribution >= 4 is 5.97 Å². The van der Waals surface area contributed by atoms with E-state index < -0.39 is 12.3 Å². The Balaban J connectivity index is 2.64. The van der Waals surface area contributed by atoms with Crippen LogP contribution >= 0.6 is 0 Å². The predicted octanol–water partition coefficient (Wildman–Crippen LogP) is 4.10. The van der Waals surface area contributed by atoms with Gasteiger partial charge >= 0.3 is 12.3 Å². The molecular weight excluding hydrogens is 285 g/mol. The van der Waals surface area contributed by atoms with Gasteiger partial charge in [-0.2, -0.15) is 0 Å². The van der Waals surface area contributed by atoms with Gasteiger partial charge < -0.3 is 9.84 Å². The van der Waals surface area contributed by atoms with E-state index in [1.54, 1.807) is 13.0 Å². The topological polar surface area (TPSA) is 46.5 Å². The monoisotopic (exact) mass is 300 g/mol. The molecule has 0 aliphatic heterocycles. The van der Waals surface area contributed by atoms with E-state index >= 15 is 0 Å². The van der Waals surface area contributed by atoms with Gasteiger partial charge in [-0.3, -0.25) is 4.79 Å². The zero-order valence-electron chi connectivity index (χ0n) is 11.4. The highest BCUT2D eigenvalue weighted by molar-refractivity contribution is 5.71. The SMILES string of the molecule is C=C(CC(=O)O)C(C)=CCc1ccc(OC(F)(F)F)cc1. The second kappa shape index (κ2) is 6.97. The third kappa shape index (κ3) is 6.65. The van der Waals surface area contributed by atoms with Crippen molar-refractivity contribution in [3.05, 3.63) is 53.6 Å². The minimum Gasteiger partial charge on any atom is -0.481 e. The second-order valence-corrected chi connectivity index (χ2v) is 4.46. The van der Waals surface area contributed by atoms with Crippen LogP contribution in [0.5, 0.6) is 5.75 Å². The lowest BCUT2D eigenvalue weighted by Gasteiger charge is -2.09. The van der Waals surface area contributed by atoms with Crippen LogP contribution in [0.1, 0.15) is 18.9 Å². The van der Waals surface area contributed by atoms with E-state index in [-0.39, 0.29) is 12.2 Å². The molecule has 1 aromatic rings. The fraction of sp³-hybridized carbons (Fsp3) is 0.267. The number of ether oxygens (including phenoxy) is 1. The summed E-state index contributed by atoms with van der Waals surface area (Å²) in [7, 11) is 0. The molecule has 0 unspecified atom stereocenters. The highest BCUT2D eigenvalue weighted by Gasteiger charge is 2.30. The molecule has 1 N–H and O–H groups in total. The Labute approximate surface area is 120 Å². The average molecular weight is 300 g/mol. The largest absolute Gasteiger partial charge is 0.573 e. The predicted molar refractivity (Wildman–Crippen MR) is 72.0 cm³/mol. The number of hydrogen-bond donors (Lipinski definition) is 1. The second-order valence-electron chi connectivity index (χ2n) is 4.46. The highest BCUT2D eigenvalue weighted by atomic mass is 19.4. The normalized spacial score (nSPS) is 12.1. The molecule has 6 heteroatoms. The van der Waals surface area contributed by atoms with E-state index in [0.29, 0.717) is 12.0 Å². The Morgan fingerprint density at radius 2 is 1.90 bits per heavy atom. The van der Waals surface area contributed by atoms with Crippen LogP contribution in [0.3, 0.4) is 0 Å². The maximum absolute atomic E-state index is 12.0. The molecule has 1 aromatic carbocycles. The molecule has 0 amide bonds. The Morgan fingerprint density at radius 1 is 1.33 bits per heavy atom. The summed E-state index contributed by atoms with van der Waals surface area (Å²) in [5.74, 6) is -1.23. The molecule has 0 atom stereocenters. The number of carbonyl (C=O) groups is 1. The molecule has 0 aromatic heterocycles. The van der Waals surface area contributed by atoms with Gasteiger partial charge in [0, 0.05) is 0 Å². The van der Waals surface area contributed by atoms with Gasteiger partial charge in [-0.25, -0.2) is 0 Å². The molecule has 0 aliphatic carbocycles. The maximum Gasteiger partial charge on any atom is 0.573 e. The number of allylic oxidation sites excluding steroid dienone is 2. The van der Waals surface area contributed by atoms with Gasteiger partial charge in [0.1, 0.15) is 5.75 Å². The molecule has 0 saturated heterocycles. The van der Waals surface area contributed by atoms with Crippen molar-refractivity contribution in [2.45, 2.75) is 26.1 Å². The lowest BCUT2D eigenvalue weighted by molar-refractivity contribution is -0.274. The van der Waals surface area contributed by atoms with Crippen LogP contribution in [0.2, 0.25) is 0 Å². The van der Waals surface area contributed by atoms with E-state index in [2.05, 4.69) is 11.3 Å². The van der Waals surface area contributed by atoms with E-state index in [9.17, 15) is 18.0 Å². The number of hydrogen-bond acceptors (Lipinski definition) is 2. The number of halogens is 3. The molecule has 21 heavy (non-hydrogen) atoms. The molecule has 114 valence electrons. The van der Waals surface area contributed by atoms with Gasteiger partial charge in [-0.05, 0) is 36.6 Å². The van der Waals surface area contributed by atoms with E-state index in [1.165, 1.54) is 24.3 Å². The van der Waals surface area contributed by atoms with Crippen LogP contribution in [0, 0.1) is 0 Å². The molecule has 0 bridgehead atoms. The first-order valence-corrected chi connectivity index (χ1v) is 6.09. The molecule has 0 heterocycles. The van der Waals surface area contributed by atoms with Gasteiger partial charge in [-0.1, -0.05) is 30.4 Å². The molecule has 0 aliphatic rings. The van der Waals surface area contributed by atoms with E-state index in [4.69, 9.17) is 5.11 Å². The Morgan fingerprint density at radius 3 is 2.38 bits per heavy atom. The number of benzene rings is 1. The molecule has 0 spiro atoms. The first kappa shape index (κ1) is 16.8. The van der Waals surface area contributed by atoms with Crippen molar-refractivity contribution in [2.75, 3.05) is 0 Å². The van der Waals surface area contributed by atoms with Gasteiger partial charge in [0.2, 0.25) is 0 Å². The Kier molecular flexibility index (Phi) is 5.58. The first-order valence-electron chi connectivity index (χ1n) is 6.09. The number of carboxylic acid groups (broad SMARTS) is 1. The van der Waals surface area contributed by atoms with Crippen molar-refractivity contribution in [1.29, 1.82) is 0 Å². The van der Waals surface area contributed by atoms with Crippen LogP contribution in [0.25, 0.3) is 0 Å². The summed E-state index contributed by atoms with van der Waals surface area (Å²) < 4.78 is 39.8. The summed E-state index contributed by atoms with van der Waals surface area (Å²) in [5, 5.41) is 8.65. The molecular formula is C15H15F3O3. The van der Waals surface area contributed by atoms with Gasteiger partial charge in [-0.15, -0.1) is 13.2 Å². The zero-order valence-corrected chi connectivity index (χ0v) is 11.4. The number of rotatable bonds is 6. The zero-order chi connectivity index (χ0) is 16.0. The standard InChI is InChI=1S/C15H15F3O3/c1-10(11(2)9-14(19)20)3-4-12-5-7-13(8-6-12)21-15(16,17)18/h3,5-8H,2,4,9H2,1H3,(H,19,20). The first-order chi connectivity index (χ1) is 9.67. The summed E-state index contributed by atoms with van der Waals surface area (Å²) in [6, 6.07) is 5.51. The van der Waals surface area contributed by atoms with E-state index in [0.717, 1.165) is 11.1 Å². The summed E-state index contributed by atoms with van der Waals surface area (Å²) in [5.41, 5.74) is 2.03. The minimum absolute atomic E-state index is 0.138. The highest BCUT2D eigenvalue weighted by Crippen LogP contribution is 2.23. The van der Waals surface area contributed by atoms with Crippen LogP contribution < -0.4 is 4.74 Å². The molecule has 3 nitrogen and oxygen atoms in total. The third-order valence-electron chi connectivity index (χ3n) is 2.72. The van der Waals surface area contributed by atoms with Crippen LogP contribution in [-0.4, -0.2) is 17.4 Å². The van der Waals surface area contributed by atoms with Gasteiger partial charge in [0.05, 0.1) is 6.42 Å².